The average molecular weight is 571 g/mol. The van der Waals surface area contributed by atoms with Gasteiger partial charge in [-0.2, -0.15) is 0 Å². The van der Waals surface area contributed by atoms with Crippen LogP contribution in [0.4, 0.5) is 4.79 Å². The van der Waals surface area contributed by atoms with E-state index >= 15 is 0 Å². The van der Waals surface area contributed by atoms with Crippen LogP contribution in [-0.2, 0) is 32.1 Å². The van der Waals surface area contributed by atoms with Crippen LogP contribution in [0.15, 0.2) is 54.6 Å². The van der Waals surface area contributed by atoms with E-state index in [1.807, 2.05) is 75.4 Å². The number of thioether (sulfide) groups is 1. The Morgan fingerprint density at radius 1 is 1.07 bits per heavy atom. The van der Waals surface area contributed by atoms with Crippen molar-refractivity contribution in [3.05, 3.63) is 71.3 Å². The first-order chi connectivity index (χ1) is 19.0. The summed E-state index contributed by atoms with van der Waals surface area (Å²) in [5.74, 6) is -1.39. The Hall–Kier alpha value is -3.57. The summed E-state index contributed by atoms with van der Waals surface area (Å²) in [6, 6.07) is 14.2. The number of esters is 1. The minimum Gasteiger partial charge on any atom is -0.465 e. The van der Waals surface area contributed by atoms with Crippen LogP contribution in [0.3, 0.4) is 0 Å². The number of ether oxygens (including phenoxy) is 1. The van der Waals surface area contributed by atoms with Crippen molar-refractivity contribution >= 4 is 35.6 Å². The second-order valence-corrected chi connectivity index (χ2v) is 11.7. The van der Waals surface area contributed by atoms with Gasteiger partial charge in [0.2, 0.25) is 5.91 Å². The van der Waals surface area contributed by atoms with Crippen molar-refractivity contribution in [2.24, 2.45) is 0 Å². The van der Waals surface area contributed by atoms with Crippen molar-refractivity contribution < 1.29 is 29.0 Å². The van der Waals surface area contributed by atoms with E-state index in [0.29, 0.717) is 6.54 Å². The SMILES string of the molecule is CCOC(=O)CNC(=O)N[C@@H](Cc1ccccc1)[C@H](O)C(=O)N1CSC(C)(C)[C@H]1C(=O)NCc1ccccc1C. The number of hydrogen-bond donors (Lipinski definition) is 4. The maximum absolute atomic E-state index is 13.7. The van der Waals surface area contributed by atoms with Crippen molar-refractivity contribution in [3.8, 4) is 0 Å². The fraction of sp³-hybridized carbons (Fsp3) is 0.448. The second kappa shape index (κ2) is 14.2. The fourth-order valence-corrected chi connectivity index (χ4v) is 5.68. The summed E-state index contributed by atoms with van der Waals surface area (Å²) in [6.45, 7) is 7.52. The Balaban J connectivity index is 1.75. The van der Waals surface area contributed by atoms with Gasteiger partial charge in [0.25, 0.3) is 5.91 Å². The number of rotatable bonds is 11. The second-order valence-electron chi connectivity index (χ2n) is 10.1. The Kier molecular flexibility index (Phi) is 11.0. The fourth-order valence-electron chi connectivity index (χ4n) is 4.54. The lowest BCUT2D eigenvalue weighted by Gasteiger charge is -2.33. The molecule has 1 aliphatic rings. The zero-order valence-corrected chi connectivity index (χ0v) is 24.1. The van der Waals surface area contributed by atoms with Crippen LogP contribution in [0.5, 0.6) is 0 Å². The van der Waals surface area contributed by atoms with E-state index in [9.17, 15) is 24.3 Å². The molecule has 0 unspecified atom stereocenters. The molecule has 216 valence electrons. The van der Waals surface area contributed by atoms with Crippen LogP contribution in [0.2, 0.25) is 0 Å². The summed E-state index contributed by atoms with van der Waals surface area (Å²) in [7, 11) is 0. The molecule has 2 aromatic carbocycles. The predicted octanol–water partition coefficient (Wildman–Crippen LogP) is 2.13. The Morgan fingerprint density at radius 2 is 1.75 bits per heavy atom. The summed E-state index contributed by atoms with van der Waals surface area (Å²) in [4.78, 5) is 52.7. The highest BCUT2D eigenvalue weighted by atomic mass is 32.2. The largest absolute Gasteiger partial charge is 0.465 e. The van der Waals surface area contributed by atoms with E-state index in [4.69, 9.17) is 4.74 Å². The molecule has 3 rings (SSSR count). The molecule has 3 atom stereocenters. The Bertz CT molecular complexity index is 1190. The molecule has 2 aromatic rings. The molecule has 40 heavy (non-hydrogen) atoms. The van der Waals surface area contributed by atoms with Gasteiger partial charge in [-0.3, -0.25) is 14.4 Å². The molecule has 1 saturated heterocycles. The molecule has 0 aromatic heterocycles. The maximum atomic E-state index is 13.7. The van der Waals surface area contributed by atoms with Gasteiger partial charge in [-0.25, -0.2) is 4.79 Å². The maximum Gasteiger partial charge on any atom is 0.325 e. The highest BCUT2D eigenvalue weighted by Gasteiger charge is 2.49. The van der Waals surface area contributed by atoms with Crippen LogP contribution in [0, 0.1) is 6.92 Å². The molecule has 0 radical (unpaired) electrons. The highest BCUT2D eigenvalue weighted by molar-refractivity contribution is 8.00. The van der Waals surface area contributed by atoms with Crippen molar-refractivity contribution in [1.82, 2.24) is 20.9 Å². The minimum absolute atomic E-state index is 0.148. The minimum atomic E-state index is -1.64. The summed E-state index contributed by atoms with van der Waals surface area (Å²) < 4.78 is 4.22. The summed E-state index contributed by atoms with van der Waals surface area (Å²) in [6.07, 6.45) is -1.50. The topological polar surface area (TPSA) is 137 Å². The molecule has 11 heteroatoms. The van der Waals surface area contributed by atoms with Gasteiger partial charge in [0.1, 0.15) is 12.6 Å². The lowest BCUT2D eigenvalue weighted by atomic mass is 9.97. The van der Waals surface area contributed by atoms with Gasteiger partial charge in [0.05, 0.1) is 18.5 Å². The van der Waals surface area contributed by atoms with Gasteiger partial charge < -0.3 is 30.7 Å². The molecule has 4 amide bonds. The van der Waals surface area contributed by atoms with Gasteiger partial charge >= 0.3 is 12.0 Å². The molecule has 4 N–H and O–H groups in total. The summed E-state index contributed by atoms with van der Waals surface area (Å²) >= 11 is 1.44. The van der Waals surface area contributed by atoms with Crippen molar-refractivity contribution in [1.29, 1.82) is 0 Å². The number of benzene rings is 2. The number of hydrogen-bond acceptors (Lipinski definition) is 7. The zero-order chi connectivity index (χ0) is 29.3. The van der Waals surface area contributed by atoms with Gasteiger partial charge in [-0.05, 0) is 50.8 Å². The van der Waals surface area contributed by atoms with Gasteiger partial charge in [0.15, 0.2) is 6.10 Å². The first-order valence-electron chi connectivity index (χ1n) is 13.2. The smallest absolute Gasteiger partial charge is 0.325 e. The van der Waals surface area contributed by atoms with Crippen LogP contribution in [0.25, 0.3) is 0 Å². The van der Waals surface area contributed by atoms with Crippen molar-refractivity contribution in [3.63, 3.8) is 0 Å². The van der Waals surface area contributed by atoms with Crippen molar-refractivity contribution in [2.75, 3.05) is 19.0 Å². The van der Waals surface area contributed by atoms with Gasteiger partial charge in [-0.15, -0.1) is 11.8 Å². The number of carbonyl (C=O) groups excluding carboxylic acids is 4. The summed E-state index contributed by atoms with van der Waals surface area (Å²) in [5, 5.41) is 19.2. The number of urea groups is 1. The predicted molar refractivity (Wildman–Crippen MR) is 153 cm³/mol. The normalized spacial score (nSPS) is 17.4. The third-order valence-corrected chi connectivity index (χ3v) is 8.11. The highest BCUT2D eigenvalue weighted by Crippen LogP contribution is 2.40. The monoisotopic (exact) mass is 570 g/mol. The zero-order valence-electron chi connectivity index (χ0n) is 23.3. The number of aryl methyl sites for hydroxylation is 1. The standard InChI is InChI=1S/C29H38N4O6S/c1-5-39-23(34)17-31-28(38)32-22(15-20-12-7-6-8-13-20)24(35)27(37)33-18-40-29(3,4)25(33)26(36)30-16-21-14-10-9-11-19(21)2/h6-14,22,24-25,35H,5,15-18H2,1-4H3,(H,30,36)(H2,31,32,38)/t22-,24-,25+/m0/s1. The van der Waals surface area contributed by atoms with E-state index < -0.39 is 40.8 Å². The average Bonchev–Trinajstić information content (AvgIpc) is 3.25. The number of nitrogens with one attached hydrogen (secondary N) is 3. The van der Waals surface area contributed by atoms with Crippen LogP contribution < -0.4 is 16.0 Å². The third-order valence-electron chi connectivity index (χ3n) is 6.74. The summed E-state index contributed by atoms with van der Waals surface area (Å²) in [5.41, 5.74) is 2.80. The van der Waals surface area contributed by atoms with Gasteiger partial charge in [0, 0.05) is 11.3 Å². The lowest BCUT2D eigenvalue weighted by molar-refractivity contribution is -0.147. The van der Waals surface area contributed by atoms with E-state index in [1.165, 1.54) is 16.7 Å². The van der Waals surface area contributed by atoms with E-state index in [2.05, 4.69) is 16.0 Å². The van der Waals surface area contributed by atoms with Crippen LogP contribution in [-0.4, -0.2) is 75.8 Å². The van der Waals surface area contributed by atoms with E-state index in [1.54, 1.807) is 6.92 Å². The molecule has 1 aliphatic heterocycles. The molecular weight excluding hydrogens is 532 g/mol. The van der Waals surface area contributed by atoms with Crippen molar-refractivity contribution in [2.45, 2.75) is 63.6 Å². The molecular formula is C29H38N4O6S. The van der Waals surface area contributed by atoms with Gasteiger partial charge in [-0.1, -0.05) is 54.6 Å². The van der Waals surface area contributed by atoms with E-state index in [-0.39, 0.29) is 31.4 Å². The number of aliphatic hydroxyl groups is 1. The quantitative estimate of drug-likeness (QED) is 0.304. The first kappa shape index (κ1) is 31.0. The van der Waals surface area contributed by atoms with Crippen LogP contribution >= 0.6 is 11.8 Å². The Labute approximate surface area is 239 Å². The number of amides is 4. The molecule has 0 bridgehead atoms. The van der Waals surface area contributed by atoms with Crippen LogP contribution in [0.1, 0.15) is 37.5 Å². The number of aliphatic hydroxyl groups excluding tert-OH is 1. The number of carbonyl (C=O) groups is 4. The molecule has 0 saturated carbocycles. The molecule has 1 heterocycles. The molecule has 1 fully saturated rings. The lowest BCUT2D eigenvalue weighted by Crippen LogP contribution is -2.59. The molecule has 0 aliphatic carbocycles. The van der Waals surface area contributed by atoms with E-state index in [0.717, 1.165) is 16.7 Å². The Morgan fingerprint density at radius 3 is 2.42 bits per heavy atom. The first-order valence-corrected chi connectivity index (χ1v) is 14.2. The number of nitrogens with zero attached hydrogens (tertiary/aromatic N) is 1. The molecule has 10 nitrogen and oxygen atoms in total. The molecule has 0 spiro atoms. The third kappa shape index (κ3) is 8.22.